The molecule has 0 aliphatic rings. The summed E-state index contributed by atoms with van der Waals surface area (Å²) < 4.78 is 10.9. The highest BCUT2D eigenvalue weighted by Gasteiger charge is 2.17. The van der Waals surface area contributed by atoms with Crippen molar-refractivity contribution in [1.82, 2.24) is 5.32 Å². The highest BCUT2D eigenvalue weighted by Crippen LogP contribution is 2.32. The molecule has 4 aromatic rings. The van der Waals surface area contributed by atoms with Crippen LogP contribution in [-0.2, 0) is 9.59 Å². The molecule has 0 fully saturated rings. The van der Waals surface area contributed by atoms with E-state index in [1.54, 1.807) is 66.7 Å². The number of amides is 3. The number of nitrogens with one attached hydrogen (secondary N) is 3. The number of ether oxygens (including phenoxy) is 2. The number of hydrogen-bond donors (Lipinski definition) is 3. The standard InChI is InChI=1S/C32H29N3O5S/c1-39-28-18-9-13-23(30(28)40-2)19-27(35-31(37)22-11-5-3-6-12-22)32(38)34-25-16-10-17-26(20-25)41-21-29(36)33-24-14-7-4-8-15-24/h3-20H,21H2,1-2H3,(H,33,36)(H,34,38)(H,35,37)/b27-19+. The minimum absolute atomic E-state index is 0.00528. The normalized spacial score (nSPS) is 10.8. The van der Waals surface area contributed by atoms with E-state index in [4.69, 9.17) is 9.47 Å². The fourth-order valence-corrected chi connectivity index (χ4v) is 4.61. The average Bonchev–Trinajstić information content (AvgIpc) is 3.00. The van der Waals surface area contributed by atoms with Gasteiger partial charge in [0.2, 0.25) is 5.91 Å². The average molecular weight is 568 g/mol. The summed E-state index contributed by atoms with van der Waals surface area (Å²) in [5.74, 6) is -0.0273. The van der Waals surface area contributed by atoms with Gasteiger partial charge in [0.1, 0.15) is 5.70 Å². The zero-order valence-electron chi connectivity index (χ0n) is 22.5. The Hall–Kier alpha value is -5.02. The molecule has 0 saturated carbocycles. The molecule has 0 heterocycles. The molecule has 0 atom stereocenters. The Morgan fingerprint density at radius 1 is 0.756 bits per heavy atom. The van der Waals surface area contributed by atoms with Crippen molar-refractivity contribution in [2.45, 2.75) is 4.90 Å². The third kappa shape index (κ3) is 8.23. The Morgan fingerprint density at radius 2 is 1.44 bits per heavy atom. The maximum atomic E-state index is 13.5. The lowest BCUT2D eigenvalue weighted by molar-refractivity contribution is -0.114. The van der Waals surface area contributed by atoms with Crippen LogP contribution in [0, 0.1) is 0 Å². The SMILES string of the molecule is COc1cccc(/C=C(/NC(=O)c2ccccc2)C(=O)Nc2cccc(SCC(=O)Nc3ccccc3)c2)c1OC. The van der Waals surface area contributed by atoms with Crippen LogP contribution in [-0.4, -0.2) is 37.7 Å². The molecule has 4 aromatic carbocycles. The number of benzene rings is 4. The van der Waals surface area contributed by atoms with Crippen molar-refractivity contribution in [3.8, 4) is 11.5 Å². The van der Waals surface area contributed by atoms with Gasteiger partial charge in [-0.15, -0.1) is 11.8 Å². The zero-order valence-corrected chi connectivity index (χ0v) is 23.4. The second kappa shape index (κ2) is 14.4. The van der Waals surface area contributed by atoms with Gasteiger partial charge in [0.25, 0.3) is 11.8 Å². The van der Waals surface area contributed by atoms with Crippen molar-refractivity contribution in [1.29, 1.82) is 0 Å². The van der Waals surface area contributed by atoms with Gasteiger partial charge in [-0.25, -0.2) is 0 Å². The molecule has 8 nitrogen and oxygen atoms in total. The van der Waals surface area contributed by atoms with Gasteiger partial charge in [-0.1, -0.05) is 54.6 Å². The Balaban J connectivity index is 1.52. The molecular weight excluding hydrogens is 538 g/mol. The van der Waals surface area contributed by atoms with E-state index >= 15 is 0 Å². The van der Waals surface area contributed by atoms with Crippen molar-refractivity contribution < 1.29 is 23.9 Å². The molecule has 3 N–H and O–H groups in total. The number of rotatable bonds is 11. The number of carbonyl (C=O) groups excluding carboxylic acids is 3. The molecule has 4 rings (SSSR count). The van der Waals surface area contributed by atoms with Crippen LogP contribution in [0.25, 0.3) is 6.08 Å². The summed E-state index contributed by atoms with van der Waals surface area (Å²) in [6.45, 7) is 0. The molecule has 0 spiro atoms. The molecule has 208 valence electrons. The molecule has 0 aromatic heterocycles. The monoisotopic (exact) mass is 567 g/mol. The zero-order chi connectivity index (χ0) is 29.0. The summed E-state index contributed by atoms with van der Waals surface area (Å²) in [7, 11) is 3.02. The van der Waals surface area contributed by atoms with E-state index in [1.165, 1.54) is 32.1 Å². The van der Waals surface area contributed by atoms with Crippen LogP contribution >= 0.6 is 11.8 Å². The van der Waals surface area contributed by atoms with Gasteiger partial charge in [0.15, 0.2) is 11.5 Å². The van der Waals surface area contributed by atoms with Gasteiger partial charge in [-0.3, -0.25) is 14.4 Å². The van der Waals surface area contributed by atoms with E-state index in [0.717, 1.165) is 10.6 Å². The van der Waals surface area contributed by atoms with Gasteiger partial charge in [-0.05, 0) is 54.6 Å². The minimum atomic E-state index is -0.539. The lowest BCUT2D eigenvalue weighted by Gasteiger charge is -2.14. The maximum Gasteiger partial charge on any atom is 0.272 e. The van der Waals surface area contributed by atoms with Crippen LogP contribution in [0.1, 0.15) is 15.9 Å². The lowest BCUT2D eigenvalue weighted by atomic mass is 10.1. The summed E-state index contributed by atoms with van der Waals surface area (Å²) in [5.41, 5.74) is 2.17. The number of anilines is 2. The first-order chi connectivity index (χ1) is 20.0. The quantitative estimate of drug-likeness (QED) is 0.155. The first-order valence-electron chi connectivity index (χ1n) is 12.6. The Kier molecular flexibility index (Phi) is 10.2. The fourth-order valence-electron chi connectivity index (χ4n) is 3.85. The lowest BCUT2D eigenvalue weighted by Crippen LogP contribution is -2.30. The van der Waals surface area contributed by atoms with E-state index in [9.17, 15) is 14.4 Å². The number of thioether (sulfide) groups is 1. The molecule has 0 unspecified atom stereocenters. The van der Waals surface area contributed by atoms with Crippen molar-refractivity contribution in [3.63, 3.8) is 0 Å². The topological polar surface area (TPSA) is 106 Å². The van der Waals surface area contributed by atoms with Crippen LogP contribution in [0.3, 0.4) is 0 Å². The Morgan fingerprint density at radius 3 is 2.15 bits per heavy atom. The molecule has 0 aliphatic carbocycles. The van der Waals surface area contributed by atoms with Crippen molar-refractivity contribution in [2.24, 2.45) is 0 Å². The van der Waals surface area contributed by atoms with Crippen LogP contribution < -0.4 is 25.4 Å². The fraction of sp³-hybridized carbons (Fsp3) is 0.0938. The first-order valence-corrected chi connectivity index (χ1v) is 13.6. The molecule has 3 amide bonds. The minimum Gasteiger partial charge on any atom is -0.493 e. The summed E-state index contributed by atoms with van der Waals surface area (Å²) >= 11 is 1.34. The van der Waals surface area contributed by atoms with Gasteiger partial charge < -0.3 is 25.4 Å². The highest BCUT2D eigenvalue weighted by atomic mass is 32.2. The van der Waals surface area contributed by atoms with Crippen molar-refractivity contribution >= 4 is 46.9 Å². The number of methoxy groups -OCH3 is 2. The molecule has 0 aliphatic heterocycles. The molecule has 9 heteroatoms. The smallest absolute Gasteiger partial charge is 0.272 e. The van der Waals surface area contributed by atoms with Crippen molar-refractivity contribution in [3.05, 3.63) is 120 Å². The Labute approximate surface area is 242 Å². The van der Waals surface area contributed by atoms with Crippen LogP contribution in [0.4, 0.5) is 11.4 Å². The van der Waals surface area contributed by atoms with Gasteiger partial charge in [0.05, 0.1) is 20.0 Å². The molecular formula is C32H29N3O5S. The summed E-state index contributed by atoms with van der Waals surface area (Å²) in [6.07, 6.45) is 1.53. The van der Waals surface area contributed by atoms with Crippen LogP contribution in [0.5, 0.6) is 11.5 Å². The van der Waals surface area contributed by atoms with E-state index in [-0.39, 0.29) is 17.4 Å². The number of para-hydroxylation sites is 2. The molecule has 0 radical (unpaired) electrons. The Bertz CT molecular complexity index is 1540. The van der Waals surface area contributed by atoms with E-state index < -0.39 is 11.8 Å². The number of hydrogen-bond acceptors (Lipinski definition) is 6. The highest BCUT2D eigenvalue weighted by molar-refractivity contribution is 8.00. The second-order valence-electron chi connectivity index (χ2n) is 8.65. The van der Waals surface area contributed by atoms with Crippen molar-refractivity contribution in [2.75, 3.05) is 30.6 Å². The van der Waals surface area contributed by atoms with Gasteiger partial charge in [-0.2, -0.15) is 0 Å². The van der Waals surface area contributed by atoms with E-state index in [2.05, 4.69) is 16.0 Å². The maximum absolute atomic E-state index is 13.5. The predicted molar refractivity (Wildman–Crippen MR) is 162 cm³/mol. The van der Waals surface area contributed by atoms with Crippen LogP contribution in [0.15, 0.2) is 114 Å². The predicted octanol–water partition coefficient (Wildman–Crippen LogP) is 5.84. The third-order valence-electron chi connectivity index (χ3n) is 5.78. The summed E-state index contributed by atoms with van der Waals surface area (Å²) in [4.78, 5) is 39.6. The molecule has 0 bridgehead atoms. The second-order valence-corrected chi connectivity index (χ2v) is 9.69. The van der Waals surface area contributed by atoms with Gasteiger partial charge >= 0.3 is 0 Å². The first kappa shape index (κ1) is 29.0. The van der Waals surface area contributed by atoms with Crippen LogP contribution in [0.2, 0.25) is 0 Å². The van der Waals surface area contributed by atoms with E-state index in [1.807, 2.05) is 36.4 Å². The number of carbonyl (C=O) groups is 3. The summed E-state index contributed by atoms with van der Waals surface area (Å²) in [6, 6.07) is 30.2. The largest absolute Gasteiger partial charge is 0.493 e. The van der Waals surface area contributed by atoms with Gasteiger partial charge in [0, 0.05) is 27.4 Å². The van der Waals surface area contributed by atoms with E-state index in [0.29, 0.717) is 28.3 Å². The summed E-state index contributed by atoms with van der Waals surface area (Å²) in [5, 5.41) is 8.42. The molecule has 0 saturated heterocycles. The molecule has 41 heavy (non-hydrogen) atoms. The third-order valence-corrected chi connectivity index (χ3v) is 6.78.